The van der Waals surface area contributed by atoms with Crippen molar-refractivity contribution in [2.24, 2.45) is 0 Å². The second-order valence-corrected chi connectivity index (χ2v) is 8.23. The lowest BCUT2D eigenvalue weighted by Gasteiger charge is -2.24. The maximum absolute atomic E-state index is 13.2. The topological polar surface area (TPSA) is 66.9 Å². The number of nitrogens with one attached hydrogen (secondary N) is 2. The summed E-state index contributed by atoms with van der Waals surface area (Å²) in [6, 6.07) is 9.39. The van der Waals surface area contributed by atoms with Crippen LogP contribution in [-0.2, 0) is 6.54 Å². The highest BCUT2D eigenvalue weighted by Gasteiger charge is 2.26. The van der Waals surface area contributed by atoms with E-state index in [1.807, 2.05) is 39.0 Å². The average molecular weight is 394 g/mol. The van der Waals surface area contributed by atoms with Crippen molar-refractivity contribution in [3.63, 3.8) is 0 Å². The van der Waals surface area contributed by atoms with Crippen molar-refractivity contribution in [3.05, 3.63) is 58.3 Å². The molecule has 0 spiro atoms. The maximum atomic E-state index is 13.2. The standard InChI is InChI=1S/C24H28N2O3/c1-15-7-8-19(16(2)13-15)25-24(28)22-17(3)29-21-10-9-20(27)18(23(21)22)14-26-11-5-4-6-12-26/h7-10,13,27H,4-6,11-12,14H2,1-3H3,(H,25,28)/p+1. The van der Waals surface area contributed by atoms with Crippen LogP contribution in [0.15, 0.2) is 34.7 Å². The number of quaternary nitrogens is 1. The molecule has 1 aliphatic rings. The van der Waals surface area contributed by atoms with Crippen LogP contribution in [-0.4, -0.2) is 24.1 Å². The fourth-order valence-corrected chi connectivity index (χ4v) is 4.44. The quantitative estimate of drug-likeness (QED) is 0.630. The lowest BCUT2D eigenvalue weighted by Crippen LogP contribution is -3.11. The number of anilines is 1. The molecular weight excluding hydrogens is 364 g/mol. The first-order valence-corrected chi connectivity index (χ1v) is 10.4. The van der Waals surface area contributed by atoms with Gasteiger partial charge < -0.3 is 19.7 Å². The van der Waals surface area contributed by atoms with Gasteiger partial charge in [-0.1, -0.05) is 17.7 Å². The van der Waals surface area contributed by atoms with Gasteiger partial charge in [0.15, 0.2) is 0 Å². The molecule has 0 atom stereocenters. The first kappa shape index (κ1) is 19.5. The number of hydrogen-bond acceptors (Lipinski definition) is 3. The number of amides is 1. The van der Waals surface area contributed by atoms with Crippen LogP contribution in [0.4, 0.5) is 5.69 Å². The lowest BCUT2D eigenvalue weighted by atomic mass is 10.0. The van der Waals surface area contributed by atoms with Gasteiger partial charge in [-0.15, -0.1) is 0 Å². The summed E-state index contributed by atoms with van der Waals surface area (Å²) in [4.78, 5) is 14.7. The Bertz CT molecular complexity index is 1060. The summed E-state index contributed by atoms with van der Waals surface area (Å²) in [6.07, 6.45) is 3.68. The van der Waals surface area contributed by atoms with E-state index in [2.05, 4.69) is 5.32 Å². The van der Waals surface area contributed by atoms with Crippen LogP contribution in [0.2, 0.25) is 0 Å². The summed E-state index contributed by atoms with van der Waals surface area (Å²) in [5.74, 6) is 0.605. The summed E-state index contributed by atoms with van der Waals surface area (Å²) >= 11 is 0. The molecule has 1 saturated heterocycles. The van der Waals surface area contributed by atoms with Crippen LogP contribution < -0.4 is 10.2 Å². The second kappa shape index (κ2) is 7.91. The third-order valence-corrected chi connectivity index (χ3v) is 5.96. The number of benzene rings is 2. The molecule has 29 heavy (non-hydrogen) atoms. The molecule has 5 heteroatoms. The van der Waals surface area contributed by atoms with Crippen molar-refractivity contribution in [2.45, 2.75) is 46.6 Å². The van der Waals surface area contributed by atoms with Crippen molar-refractivity contribution in [1.82, 2.24) is 0 Å². The molecule has 0 bridgehead atoms. The number of carbonyl (C=O) groups excluding carboxylic acids is 1. The Morgan fingerprint density at radius 2 is 1.86 bits per heavy atom. The van der Waals surface area contributed by atoms with E-state index in [1.165, 1.54) is 24.2 Å². The van der Waals surface area contributed by atoms with Gasteiger partial charge in [-0.3, -0.25) is 4.79 Å². The first-order chi connectivity index (χ1) is 13.9. The molecule has 2 aromatic carbocycles. The SMILES string of the molecule is Cc1ccc(NC(=O)c2c(C)oc3ccc(O)c(C[NH+]4CCCCC4)c23)c(C)c1. The Kier molecular flexibility index (Phi) is 5.33. The fourth-order valence-electron chi connectivity index (χ4n) is 4.44. The molecule has 0 radical (unpaired) electrons. The second-order valence-electron chi connectivity index (χ2n) is 8.23. The molecule has 0 saturated carbocycles. The van der Waals surface area contributed by atoms with Crippen molar-refractivity contribution >= 4 is 22.6 Å². The number of aromatic hydroxyl groups is 1. The summed E-state index contributed by atoms with van der Waals surface area (Å²) in [5.41, 5.74) is 4.94. The number of hydrogen-bond donors (Lipinski definition) is 3. The molecule has 2 heterocycles. The van der Waals surface area contributed by atoms with Gasteiger partial charge in [-0.05, 0) is 63.8 Å². The molecule has 1 amide bonds. The molecule has 5 nitrogen and oxygen atoms in total. The van der Waals surface area contributed by atoms with Gasteiger partial charge in [0.25, 0.3) is 5.91 Å². The number of furan rings is 1. The Morgan fingerprint density at radius 1 is 1.10 bits per heavy atom. The molecular formula is C24H29N2O3+. The Balaban J connectivity index is 1.74. The van der Waals surface area contributed by atoms with E-state index in [9.17, 15) is 9.90 Å². The van der Waals surface area contributed by atoms with E-state index in [-0.39, 0.29) is 11.7 Å². The van der Waals surface area contributed by atoms with Crippen molar-refractivity contribution in [3.8, 4) is 5.75 Å². The number of aryl methyl sites for hydroxylation is 3. The minimum absolute atomic E-state index is 0.200. The molecule has 1 aromatic heterocycles. The molecule has 0 aliphatic carbocycles. The van der Waals surface area contributed by atoms with E-state index in [4.69, 9.17) is 4.42 Å². The number of phenolic OH excluding ortho intramolecular Hbond substituents is 1. The number of piperidine rings is 1. The van der Waals surface area contributed by atoms with Crippen molar-refractivity contribution in [1.29, 1.82) is 0 Å². The number of likely N-dealkylation sites (tertiary alicyclic amines) is 1. The summed E-state index contributed by atoms with van der Waals surface area (Å²) in [5, 5.41) is 14.4. The van der Waals surface area contributed by atoms with Crippen LogP contribution in [0.5, 0.6) is 5.75 Å². The van der Waals surface area contributed by atoms with Crippen LogP contribution in [0.3, 0.4) is 0 Å². The van der Waals surface area contributed by atoms with E-state index in [0.717, 1.165) is 40.9 Å². The van der Waals surface area contributed by atoms with Gasteiger partial charge in [0, 0.05) is 11.1 Å². The first-order valence-electron chi connectivity index (χ1n) is 10.4. The lowest BCUT2D eigenvalue weighted by molar-refractivity contribution is -0.918. The van der Waals surface area contributed by atoms with Gasteiger partial charge in [0.2, 0.25) is 0 Å². The van der Waals surface area contributed by atoms with E-state index < -0.39 is 0 Å². The Labute approximate surface area is 171 Å². The third kappa shape index (κ3) is 3.87. The zero-order valence-corrected chi connectivity index (χ0v) is 17.4. The highest BCUT2D eigenvalue weighted by atomic mass is 16.3. The van der Waals surface area contributed by atoms with E-state index in [1.54, 1.807) is 12.1 Å². The van der Waals surface area contributed by atoms with Crippen LogP contribution in [0.25, 0.3) is 11.0 Å². The van der Waals surface area contributed by atoms with Crippen molar-refractivity contribution in [2.75, 3.05) is 18.4 Å². The summed E-state index contributed by atoms with van der Waals surface area (Å²) in [7, 11) is 0. The van der Waals surface area contributed by atoms with Gasteiger partial charge in [0.1, 0.15) is 23.6 Å². The zero-order valence-electron chi connectivity index (χ0n) is 17.4. The molecule has 4 rings (SSSR count). The predicted molar refractivity (Wildman–Crippen MR) is 115 cm³/mol. The van der Waals surface area contributed by atoms with E-state index in [0.29, 0.717) is 23.5 Å². The van der Waals surface area contributed by atoms with Crippen LogP contribution >= 0.6 is 0 Å². The molecule has 1 fully saturated rings. The highest BCUT2D eigenvalue weighted by molar-refractivity contribution is 6.14. The van der Waals surface area contributed by atoms with Gasteiger partial charge in [0.05, 0.1) is 24.2 Å². The highest BCUT2D eigenvalue weighted by Crippen LogP contribution is 2.34. The average Bonchev–Trinajstić information content (AvgIpc) is 3.03. The Morgan fingerprint density at radius 3 is 2.59 bits per heavy atom. The molecule has 152 valence electrons. The van der Waals surface area contributed by atoms with Gasteiger partial charge >= 0.3 is 0 Å². The van der Waals surface area contributed by atoms with Crippen molar-refractivity contribution < 1.29 is 19.2 Å². The summed E-state index contributed by atoms with van der Waals surface area (Å²) in [6.45, 7) is 8.72. The fraction of sp³-hybridized carbons (Fsp3) is 0.375. The van der Waals surface area contributed by atoms with Gasteiger partial charge in [-0.25, -0.2) is 0 Å². The number of phenols is 1. The van der Waals surface area contributed by atoms with Gasteiger partial charge in [-0.2, -0.15) is 0 Å². The van der Waals surface area contributed by atoms with Crippen LogP contribution in [0.1, 0.15) is 52.1 Å². The smallest absolute Gasteiger partial charge is 0.259 e. The monoisotopic (exact) mass is 393 g/mol. The molecule has 1 aliphatic heterocycles. The largest absolute Gasteiger partial charge is 0.507 e. The normalized spacial score (nSPS) is 15.0. The van der Waals surface area contributed by atoms with Crippen LogP contribution in [0, 0.1) is 20.8 Å². The predicted octanol–water partition coefficient (Wildman–Crippen LogP) is 3.88. The molecule has 3 N–H and O–H groups in total. The maximum Gasteiger partial charge on any atom is 0.259 e. The summed E-state index contributed by atoms with van der Waals surface area (Å²) < 4.78 is 5.91. The Hall–Kier alpha value is -2.79. The zero-order chi connectivity index (χ0) is 20.5. The number of fused-ring (bicyclic) bond motifs is 1. The minimum atomic E-state index is -0.200. The third-order valence-electron chi connectivity index (χ3n) is 5.96. The number of rotatable bonds is 4. The van der Waals surface area contributed by atoms with E-state index >= 15 is 0 Å². The minimum Gasteiger partial charge on any atom is -0.507 e. The molecule has 0 unspecified atom stereocenters. The molecule has 3 aromatic rings. The number of carbonyl (C=O) groups is 1.